The van der Waals surface area contributed by atoms with Gasteiger partial charge in [0.15, 0.2) is 0 Å². The highest BCUT2D eigenvalue weighted by Gasteiger charge is 2.37. The Labute approximate surface area is 343 Å². The van der Waals surface area contributed by atoms with Crippen LogP contribution in [0.25, 0.3) is 0 Å². The summed E-state index contributed by atoms with van der Waals surface area (Å²) in [7, 11) is 0. The molecule has 0 atom stereocenters. The van der Waals surface area contributed by atoms with E-state index in [9.17, 15) is 9.59 Å². The van der Waals surface area contributed by atoms with Gasteiger partial charge in [0.1, 0.15) is 5.60 Å². The van der Waals surface area contributed by atoms with Crippen LogP contribution in [0.2, 0.25) is 0 Å². The van der Waals surface area contributed by atoms with Gasteiger partial charge in [0.05, 0.1) is 125 Å². The number of carboxylic acid groups (broad SMARTS) is 1. The van der Waals surface area contributed by atoms with E-state index in [0.29, 0.717) is 138 Å². The fraction of sp³-hybridized carbons (Fsp3) is 0.545. The van der Waals surface area contributed by atoms with Gasteiger partial charge in [-0.3, -0.25) is 9.59 Å². The second-order valence-corrected chi connectivity index (χ2v) is 12.7. The Bertz CT molecular complexity index is 1320. The van der Waals surface area contributed by atoms with Gasteiger partial charge < -0.3 is 57.8 Å². The molecule has 3 aromatic rings. The molecular weight excluding hydrogens is 750 g/mol. The van der Waals surface area contributed by atoms with Gasteiger partial charge in [-0.05, 0) is 23.1 Å². The normalized spacial score (nSPS) is 11.5. The van der Waals surface area contributed by atoms with Gasteiger partial charge >= 0.3 is 5.97 Å². The zero-order valence-corrected chi connectivity index (χ0v) is 33.8. The standard InChI is InChI=1S/C44H63NO13/c46-42(17-18-43(47)48)45-19-10-20-49-21-22-50-23-24-51-25-26-52-27-28-53-29-30-54-31-32-55-33-34-56-35-36-57-37-38-58-44(39-11-4-1-5-12-39,40-13-6-2-7-14-40)41-15-8-3-9-16-41/h1-9,11-16H,10,17-38H2,(H,45,46)(H,47,48). The molecule has 0 fully saturated rings. The minimum absolute atomic E-state index is 0.0125. The van der Waals surface area contributed by atoms with E-state index in [0.717, 1.165) is 16.7 Å². The molecule has 0 aliphatic rings. The largest absolute Gasteiger partial charge is 0.481 e. The highest BCUT2D eigenvalue weighted by atomic mass is 16.6. The number of carbonyl (C=O) groups excluding carboxylic acids is 1. The van der Waals surface area contributed by atoms with Crippen molar-refractivity contribution in [2.45, 2.75) is 24.9 Å². The fourth-order valence-electron chi connectivity index (χ4n) is 5.59. The summed E-state index contributed by atoms with van der Waals surface area (Å²) in [6, 6.07) is 30.9. The first kappa shape index (κ1) is 48.6. The Morgan fingerprint density at radius 2 is 0.707 bits per heavy atom. The molecule has 0 saturated heterocycles. The van der Waals surface area contributed by atoms with Crippen molar-refractivity contribution >= 4 is 11.9 Å². The van der Waals surface area contributed by atoms with Crippen molar-refractivity contribution in [3.63, 3.8) is 0 Å². The van der Waals surface area contributed by atoms with Crippen LogP contribution in [0, 0.1) is 0 Å². The van der Waals surface area contributed by atoms with Crippen molar-refractivity contribution in [2.75, 3.05) is 132 Å². The molecule has 0 unspecified atom stereocenters. The lowest BCUT2D eigenvalue weighted by molar-refractivity contribution is -0.138. The smallest absolute Gasteiger partial charge is 0.303 e. The van der Waals surface area contributed by atoms with Crippen molar-refractivity contribution in [1.29, 1.82) is 0 Å². The predicted octanol–water partition coefficient (Wildman–Crippen LogP) is 4.52. The third-order valence-electron chi connectivity index (χ3n) is 8.42. The molecular formula is C44H63NO13. The van der Waals surface area contributed by atoms with Crippen LogP contribution in [0.4, 0.5) is 0 Å². The number of amides is 1. The van der Waals surface area contributed by atoms with Crippen molar-refractivity contribution in [2.24, 2.45) is 0 Å². The molecule has 322 valence electrons. The van der Waals surface area contributed by atoms with Crippen LogP contribution in [-0.2, 0) is 62.6 Å². The van der Waals surface area contributed by atoms with Gasteiger partial charge in [-0.15, -0.1) is 0 Å². The molecule has 3 rings (SSSR count). The Hall–Kier alpha value is -3.80. The predicted molar refractivity (Wildman–Crippen MR) is 217 cm³/mol. The summed E-state index contributed by atoms with van der Waals surface area (Å²) in [5.41, 5.74) is 2.42. The van der Waals surface area contributed by atoms with Crippen LogP contribution in [0.3, 0.4) is 0 Å². The van der Waals surface area contributed by atoms with Crippen LogP contribution in [0.15, 0.2) is 91.0 Å². The summed E-state index contributed by atoms with van der Waals surface area (Å²) in [4.78, 5) is 21.8. The number of nitrogens with one attached hydrogen (secondary N) is 1. The number of ether oxygens (including phenoxy) is 10. The average Bonchev–Trinajstić information content (AvgIpc) is 3.25. The monoisotopic (exact) mass is 813 g/mol. The molecule has 0 radical (unpaired) electrons. The van der Waals surface area contributed by atoms with E-state index in [2.05, 4.69) is 41.7 Å². The maximum Gasteiger partial charge on any atom is 0.303 e. The lowest BCUT2D eigenvalue weighted by Crippen LogP contribution is -2.34. The summed E-state index contributed by atoms with van der Waals surface area (Å²) in [5.74, 6) is -1.25. The topological polar surface area (TPSA) is 159 Å². The molecule has 0 spiro atoms. The Morgan fingerprint density at radius 3 is 1.02 bits per heavy atom. The molecule has 0 aliphatic carbocycles. The van der Waals surface area contributed by atoms with Crippen molar-refractivity contribution in [3.05, 3.63) is 108 Å². The quantitative estimate of drug-likeness (QED) is 0.0616. The van der Waals surface area contributed by atoms with E-state index >= 15 is 0 Å². The van der Waals surface area contributed by atoms with Gasteiger partial charge in [0, 0.05) is 19.6 Å². The number of carboxylic acids is 1. The van der Waals surface area contributed by atoms with Crippen molar-refractivity contribution < 1.29 is 62.1 Å². The second kappa shape index (κ2) is 33.1. The first-order valence-corrected chi connectivity index (χ1v) is 20.1. The number of carbonyl (C=O) groups is 2. The molecule has 0 aliphatic heterocycles. The summed E-state index contributed by atoms with van der Waals surface area (Å²) < 4.78 is 56.7. The minimum atomic E-state index is -0.984. The molecule has 0 heterocycles. The van der Waals surface area contributed by atoms with Gasteiger partial charge in [0.2, 0.25) is 5.91 Å². The Morgan fingerprint density at radius 1 is 0.414 bits per heavy atom. The van der Waals surface area contributed by atoms with Gasteiger partial charge in [0.25, 0.3) is 0 Å². The van der Waals surface area contributed by atoms with Gasteiger partial charge in [-0.25, -0.2) is 0 Å². The van der Waals surface area contributed by atoms with E-state index < -0.39 is 11.6 Å². The highest BCUT2D eigenvalue weighted by molar-refractivity contribution is 5.80. The van der Waals surface area contributed by atoms with Crippen LogP contribution in [0.5, 0.6) is 0 Å². The van der Waals surface area contributed by atoms with Crippen molar-refractivity contribution in [3.8, 4) is 0 Å². The summed E-state index contributed by atoms with van der Waals surface area (Å²) in [6.45, 7) is 9.29. The first-order chi connectivity index (χ1) is 28.6. The third kappa shape index (κ3) is 21.8. The maximum atomic E-state index is 11.4. The van der Waals surface area contributed by atoms with E-state index in [1.165, 1.54) is 0 Å². The lowest BCUT2D eigenvalue weighted by atomic mass is 9.80. The Balaban J connectivity index is 1.04. The molecule has 0 saturated carbocycles. The summed E-state index contributed by atoms with van der Waals surface area (Å²) in [6.07, 6.45) is 0.470. The summed E-state index contributed by atoms with van der Waals surface area (Å²) >= 11 is 0. The number of aliphatic carboxylic acids is 1. The number of hydrogen-bond donors (Lipinski definition) is 2. The minimum Gasteiger partial charge on any atom is -0.481 e. The molecule has 1 amide bonds. The zero-order chi connectivity index (χ0) is 41.0. The molecule has 58 heavy (non-hydrogen) atoms. The second-order valence-electron chi connectivity index (χ2n) is 12.7. The highest BCUT2D eigenvalue weighted by Crippen LogP contribution is 2.40. The van der Waals surface area contributed by atoms with E-state index in [4.69, 9.17) is 52.5 Å². The molecule has 3 aromatic carbocycles. The van der Waals surface area contributed by atoms with E-state index in [1.54, 1.807) is 0 Å². The zero-order valence-electron chi connectivity index (χ0n) is 33.8. The Kier molecular flexibility index (Phi) is 27.7. The average molecular weight is 814 g/mol. The molecule has 14 nitrogen and oxygen atoms in total. The van der Waals surface area contributed by atoms with Crippen LogP contribution < -0.4 is 5.32 Å². The SMILES string of the molecule is O=C(O)CCC(=O)NCCCOCCOCCOCCOCCOCCOCCOCCOCCOCCOC(c1ccccc1)(c1ccccc1)c1ccccc1. The van der Waals surface area contributed by atoms with Crippen LogP contribution in [0.1, 0.15) is 36.0 Å². The molecule has 2 N–H and O–H groups in total. The van der Waals surface area contributed by atoms with Gasteiger partial charge in [-0.2, -0.15) is 0 Å². The van der Waals surface area contributed by atoms with Crippen LogP contribution >= 0.6 is 0 Å². The van der Waals surface area contributed by atoms with E-state index in [1.807, 2.05) is 54.6 Å². The molecule has 14 heteroatoms. The summed E-state index contributed by atoms with van der Waals surface area (Å²) in [5, 5.41) is 11.2. The third-order valence-corrected chi connectivity index (χ3v) is 8.42. The van der Waals surface area contributed by atoms with Crippen LogP contribution in [-0.4, -0.2) is 149 Å². The number of hydrogen-bond acceptors (Lipinski definition) is 12. The molecule has 0 bridgehead atoms. The fourth-order valence-corrected chi connectivity index (χ4v) is 5.59. The number of benzene rings is 3. The van der Waals surface area contributed by atoms with E-state index in [-0.39, 0.29) is 18.7 Å². The van der Waals surface area contributed by atoms with Crippen molar-refractivity contribution in [1.82, 2.24) is 5.32 Å². The number of rotatable bonds is 38. The first-order valence-electron chi connectivity index (χ1n) is 20.1. The lowest BCUT2D eigenvalue weighted by Gasteiger charge is -2.36. The van der Waals surface area contributed by atoms with Gasteiger partial charge in [-0.1, -0.05) is 91.0 Å². The molecule has 0 aromatic heterocycles. The maximum absolute atomic E-state index is 11.4.